The Balaban J connectivity index is 3.02. The highest BCUT2D eigenvalue weighted by atomic mass is 79.9. The van der Waals surface area contributed by atoms with Crippen molar-refractivity contribution in [1.82, 2.24) is 0 Å². The van der Waals surface area contributed by atoms with E-state index in [-0.39, 0.29) is 5.75 Å². The van der Waals surface area contributed by atoms with Crippen LogP contribution in [-0.2, 0) is 9.59 Å². The molecule has 0 spiro atoms. The van der Waals surface area contributed by atoms with E-state index in [2.05, 4.69) is 15.9 Å². The molecule has 17 heavy (non-hydrogen) atoms. The lowest BCUT2D eigenvalue weighted by Crippen LogP contribution is -2.10. The number of aliphatic carboxylic acids is 2. The molecular formula is C11H9BrO5. The highest BCUT2D eigenvalue weighted by Crippen LogP contribution is 2.27. The lowest BCUT2D eigenvalue weighted by Gasteiger charge is -2.08. The van der Waals surface area contributed by atoms with Gasteiger partial charge in [0.05, 0.1) is 10.5 Å². The van der Waals surface area contributed by atoms with E-state index in [9.17, 15) is 9.59 Å². The number of benzene rings is 1. The first-order chi connectivity index (χ1) is 7.90. The van der Waals surface area contributed by atoms with E-state index in [1.54, 1.807) is 18.2 Å². The fourth-order valence-electron chi connectivity index (χ4n) is 1.05. The van der Waals surface area contributed by atoms with Crippen LogP contribution in [0.15, 0.2) is 34.5 Å². The van der Waals surface area contributed by atoms with Crippen molar-refractivity contribution in [2.24, 2.45) is 0 Å². The third kappa shape index (κ3) is 3.92. The van der Waals surface area contributed by atoms with Gasteiger partial charge in [-0.3, -0.25) is 0 Å². The van der Waals surface area contributed by atoms with Crippen molar-refractivity contribution in [2.75, 3.05) is 0 Å². The first kappa shape index (κ1) is 13.2. The number of carboxylic acid groups (broad SMARTS) is 2. The Bertz CT molecular complexity index is 493. The first-order valence-corrected chi connectivity index (χ1v) is 5.31. The molecule has 0 atom stereocenters. The number of rotatable bonds is 4. The third-order valence-corrected chi connectivity index (χ3v) is 2.39. The molecule has 1 aromatic carbocycles. The quantitative estimate of drug-likeness (QED) is 0.658. The monoisotopic (exact) mass is 300 g/mol. The summed E-state index contributed by atoms with van der Waals surface area (Å²) in [7, 11) is 0. The zero-order valence-electron chi connectivity index (χ0n) is 8.81. The number of hydrogen-bond donors (Lipinski definition) is 2. The van der Waals surface area contributed by atoms with Crippen molar-refractivity contribution >= 4 is 27.9 Å². The van der Waals surface area contributed by atoms with Crippen molar-refractivity contribution in [3.05, 3.63) is 40.1 Å². The number of carbonyl (C=O) groups is 2. The van der Waals surface area contributed by atoms with Gasteiger partial charge in [0, 0.05) is 0 Å². The van der Waals surface area contributed by atoms with E-state index in [0.29, 0.717) is 10.5 Å². The third-order valence-electron chi connectivity index (χ3n) is 1.77. The van der Waals surface area contributed by atoms with Crippen molar-refractivity contribution in [3.63, 3.8) is 0 Å². The molecule has 2 N–H and O–H groups in total. The van der Waals surface area contributed by atoms with E-state index in [1.807, 2.05) is 6.92 Å². The van der Waals surface area contributed by atoms with Crippen LogP contribution in [0.5, 0.6) is 5.75 Å². The van der Waals surface area contributed by atoms with Gasteiger partial charge in [0.1, 0.15) is 5.75 Å². The largest absolute Gasteiger partial charge is 0.478 e. The van der Waals surface area contributed by atoms with Crippen molar-refractivity contribution < 1.29 is 24.5 Å². The molecule has 0 aromatic heterocycles. The summed E-state index contributed by atoms with van der Waals surface area (Å²) >= 11 is 3.20. The van der Waals surface area contributed by atoms with Gasteiger partial charge in [-0.2, -0.15) is 0 Å². The van der Waals surface area contributed by atoms with Gasteiger partial charge in [0.25, 0.3) is 0 Å². The lowest BCUT2D eigenvalue weighted by atomic mass is 10.2. The standard InChI is InChI=1S/C11H9BrO5/c1-6-2-3-8(7(12)4-6)17-9(11(15)16)5-10(13)14/h2-5H,1H3,(H,13,14)(H,15,16). The van der Waals surface area contributed by atoms with Crippen LogP contribution >= 0.6 is 15.9 Å². The molecule has 0 amide bonds. The Morgan fingerprint density at radius 3 is 2.47 bits per heavy atom. The molecule has 5 nitrogen and oxygen atoms in total. The highest BCUT2D eigenvalue weighted by molar-refractivity contribution is 9.10. The van der Waals surface area contributed by atoms with Gasteiger partial charge in [-0.1, -0.05) is 6.07 Å². The lowest BCUT2D eigenvalue weighted by molar-refractivity contribution is -0.137. The fraction of sp³-hybridized carbons (Fsp3) is 0.0909. The molecule has 0 unspecified atom stereocenters. The van der Waals surface area contributed by atoms with Gasteiger partial charge >= 0.3 is 11.9 Å². The number of halogens is 1. The van der Waals surface area contributed by atoms with Crippen LogP contribution in [0, 0.1) is 6.92 Å². The SMILES string of the molecule is Cc1ccc(OC(=CC(=O)O)C(=O)O)c(Br)c1. The molecule has 0 saturated heterocycles. The van der Waals surface area contributed by atoms with E-state index in [0.717, 1.165) is 5.56 Å². The fourth-order valence-corrected chi connectivity index (χ4v) is 1.63. The van der Waals surface area contributed by atoms with Crippen LogP contribution in [0.1, 0.15) is 5.56 Å². The minimum absolute atomic E-state index is 0.241. The van der Waals surface area contributed by atoms with Gasteiger partial charge in [-0.05, 0) is 40.5 Å². The predicted octanol–water partition coefficient (Wildman–Crippen LogP) is 2.19. The Labute approximate surface area is 105 Å². The van der Waals surface area contributed by atoms with Crippen LogP contribution in [0.25, 0.3) is 0 Å². The average molecular weight is 301 g/mol. The van der Waals surface area contributed by atoms with Crippen molar-refractivity contribution in [3.8, 4) is 5.75 Å². The minimum atomic E-state index is -1.44. The van der Waals surface area contributed by atoms with Gasteiger partial charge in [0.15, 0.2) is 0 Å². The summed E-state index contributed by atoms with van der Waals surface area (Å²) in [4.78, 5) is 21.2. The summed E-state index contributed by atoms with van der Waals surface area (Å²) in [6.45, 7) is 1.86. The van der Waals surface area contributed by atoms with Gasteiger partial charge < -0.3 is 14.9 Å². The van der Waals surface area contributed by atoms with E-state index < -0.39 is 17.7 Å². The maximum Gasteiger partial charge on any atom is 0.372 e. The van der Waals surface area contributed by atoms with Crippen LogP contribution in [0.2, 0.25) is 0 Å². The van der Waals surface area contributed by atoms with Gasteiger partial charge in [0.2, 0.25) is 5.76 Å². The second-order valence-corrected chi connectivity index (χ2v) is 4.04. The van der Waals surface area contributed by atoms with E-state index >= 15 is 0 Å². The molecule has 0 saturated carbocycles. The molecule has 0 radical (unpaired) electrons. The molecule has 0 bridgehead atoms. The summed E-state index contributed by atoms with van der Waals surface area (Å²) in [6.07, 6.45) is 0.495. The average Bonchev–Trinajstić information content (AvgIpc) is 2.19. The Kier molecular flexibility index (Phi) is 4.28. The number of carboxylic acids is 2. The van der Waals surface area contributed by atoms with Crippen LogP contribution in [0.4, 0.5) is 0 Å². The second-order valence-electron chi connectivity index (χ2n) is 3.19. The molecular weight excluding hydrogens is 292 g/mol. The zero-order chi connectivity index (χ0) is 13.0. The Morgan fingerprint density at radius 1 is 1.35 bits per heavy atom. The summed E-state index contributed by atoms with van der Waals surface area (Å²) < 4.78 is 5.56. The summed E-state index contributed by atoms with van der Waals surface area (Å²) in [5.74, 6) is -3.24. The molecule has 0 heterocycles. The normalized spacial score (nSPS) is 11.1. The van der Waals surface area contributed by atoms with Crippen LogP contribution in [0.3, 0.4) is 0 Å². The smallest absolute Gasteiger partial charge is 0.372 e. The topological polar surface area (TPSA) is 83.8 Å². The molecule has 1 rings (SSSR count). The molecule has 1 aromatic rings. The summed E-state index contributed by atoms with van der Waals surface area (Å²) in [5, 5.41) is 17.2. The molecule has 6 heteroatoms. The molecule has 0 fully saturated rings. The summed E-state index contributed by atoms with van der Waals surface area (Å²) in [6, 6.07) is 5.01. The van der Waals surface area contributed by atoms with E-state index in [1.165, 1.54) is 0 Å². The second kappa shape index (κ2) is 5.49. The van der Waals surface area contributed by atoms with E-state index in [4.69, 9.17) is 14.9 Å². The Hall–Kier alpha value is -1.82. The first-order valence-electron chi connectivity index (χ1n) is 4.52. The Morgan fingerprint density at radius 2 is 2.00 bits per heavy atom. The van der Waals surface area contributed by atoms with Gasteiger partial charge in [-0.25, -0.2) is 9.59 Å². The van der Waals surface area contributed by atoms with Gasteiger partial charge in [-0.15, -0.1) is 0 Å². The summed E-state index contributed by atoms with van der Waals surface area (Å²) in [5.41, 5.74) is 0.961. The maximum atomic E-state index is 10.7. The maximum absolute atomic E-state index is 10.7. The van der Waals surface area contributed by atoms with Crippen molar-refractivity contribution in [1.29, 1.82) is 0 Å². The molecule has 0 aliphatic heterocycles. The molecule has 0 aliphatic carbocycles. The number of ether oxygens (including phenoxy) is 1. The van der Waals surface area contributed by atoms with Crippen LogP contribution < -0.4 is 4.74 Å². The highest BCUT2D eigenvalue weighted by Gasteiger charge is 2.14. The zero-order valence-corrected chi connectivity index (χ0v) is 10.4. The van der Waals surface area contributed by atoms with Crippen LogP contribution in [-0.4, -0.2) is 22.2 Å². The molecule has 90 valence electrons. The number of hydrogen-bond acceptors (Lipinski definition) is 3. The minimum Gasteiger partial charge on any atom is -0.478 e. The van der Waals surface area contributed by atoms with Crippen molar-refractivity contribution in [2.45, 2.75) is 6.92 Å². The molecule has 0 aliphatic rings. The number of aryl methyl sites for hydroxylation is 1. The predicted molar refractivity (Wildman–Crippen MR) is 62.9 cm³/mol.